The van der Waals surface area contributed by atoms with Gasteiger partial charge >= 0.3 is 5.97 Å². The van der Waals surface area contributed by atoms with Crippen LogP contribution in [0.5, 0.6) is 0 Å². The Bertz CT molecular complexity index is 331. The molecule has 1 amide bonds. The molecule has 1 fully saturated rings. The maximum Gasteiger partial charge on any atom is 0.326 e. The minimum absolute atomic E-state index is 0.223. The summed E-state index contributed by atoms with van der Waals surface area (Å²) in [5, 5.41) is 6.00. The van der Waals surface area contributed by atoms with Crippen LogP contribution in [0.25, 0.3) is 0 Å². The van der Waals surface area contributed by atoms with Gasteiger partial charge in [0, 0.05) is 0 Å². The number of nitrogens with two attached hydrogens (primary N) is 1. The Balaban J connectivity index is 2.74. The van der Waals surface area contributed by atoms with E-state index in [2.05, 4.69) is 10.6 Å². The van der Waals surface area contributed by atoms with Gasteiger partial charge in [0.15, 0.2) is 0 Å². The van der Waals surface area contributed by atoms with E-state index in [-0.39, 0.29) is 5.97 Å². The lowest BCUT2D eigenvalue weighted by atomic mass is 9.86. The molecular formula is C13H25N3O3. The molecule has 1 rings (SSSR count). The third kappa shape index (κ3) is 3.67. The molecule has 0 aromatic rings. The number of carbonyl (C=O) groups excluding carboxylic acids is 2. The van der Waals surface area contributed by atoms with Crippen LogP contribution in [0.1, 0.15) is 32.6 Å². The van der Waals surface area contributed by atoms with Crippen molar-refractivity contribution in [2.24, 2.45) is 11.7 Å². The summed E-state index contributed by atoms with van der Waals surface area (Å²) in [5.41, 5.74) is 4.63. The van der Waals surface area contributed by atoms with Crippen LogP contribution < -0.4 is 16.4 Å². The second-order valence-corrected chi connectivity index (χ2v) is 5.00. The number of ether oxygens (including phenoxy) is 1. The molecule has 0 aromatic carbocycles. The molecule has 0 saturated heterocycles. The van der Waals surface area contributed by atoms with Crippen LogP contribution in [-0.2, 0) is 14.3 Å². The Morgan fingerprint density at radius 2 is 2.05 bits per heavy atom. The van der Waals surface area contributed by atoms with Crippen LogP contribution in [0.3, 0.4) is 0 Å². The van der Waals surface area contributed by atoms with Crippen molar-refractivity contribution in [2.45, 2.75) is 44.2 Å². The van der Waals surface area contributed by atoms with Crippen molar-refractivity contribution in [1.29, 1.82) is 0 Å². The van der Waals surface area contributed by atoms with Gasteiger partial charge in [0.1, 0.15) is 5.54 Å². The van der Waals surface area contributed by atoms with Crippen molar-refractivity contribution in [1.82, 2.24) is 10.6 Å². The first kappa shape index (κ1) is 15.9. The summed E-state index contributed by atoms with van der Waals surface area (Å²) in [6.07, 6.45) is 3.09. The van der Waals surface area contributed by atoms with Crippen LogP contribution in [0.15, 0.2) is 0 Å². The van der Waals surface area contributed by atoms with Gasteiger partial charge in [0.05, 0.1) is 12.6 Å². The average Bonchev–Trinajstić information content (AvgIpc) is 3.19. The number of amides is 1. The first-order valence-corrected chi connectivity index (χ1v) is 6.84. The molecule has 0 aromatic heterocycles. The van der Waals surface area contributed by atoms with Crippen molar-refractivity contribution >= 4 is 11.9 Å². The average molecular weight is 271 g/mol. The molecule has 2 atom stereocenters. The third-order valence-corrected chi connectivity index (χ3v) is 3.88. The number of nitrogens with one attached hydrogen (secondary N) is 2. The smallest absolute Gasteiger partial charge is 0.326 e. The highest BCUT2D eigenvalue weighted by atomic mass is 16.5. The first-order chi connectivity index (χ1) is 9.01. The Morgan fingerprint density at radius 3 is 2.42 bits per heavy atom. The summed E-state index contributed by atoms with van der Waals surface area (Å²) in [6, 6.07) is -0.416. The highest BCUT2D eigenvalue weighted by Crippen LogP contribution is 2.43. The summed E-state index contributed by atoms with van der Waals surface area (Å²) in [7, 11) is 3.46. The van der Waals surface area contributed by atoms with Crippen molar-refractivity contribution < 1.29 is 14.3 Å². The van der Waals surface area contributed by atoms with Gasteiger partial charge in [-0.25, -0.2) is 0 Å². The predicted octanol–water partition coefficient (Wildman–Crippen LogP) is -0.229. The lowest BCUT2D eigenvalue weighted by Gasteiger charge is -2.32. The Kier molecular flexibility index (Phi) is 5.75. The van der Waals surface area contributed by atoms with Crippen molar-refractivity contribution in [3.8, 4) is 0 Å². The molecule has 0 aliphatic heterocycles. The normalized spacial score (nSPS) is 19.5. The van der Waals surface area contributed by atoms with Gasteiger partial charge in [-0.05, 0) is 52.6 Å². The van der Waals surface area contributed by atoms with Gasteiger partial charge in [-0.15, -0.1) is 0 Å². The van der Waals surface area contributed by atoms with E-state index in [4.69, 9.17) is 10.5 Å². The number of carbonyl (C=O) groups is 2. The van der Waals surface area contributed by atoms with Crippen LogP contribution >= 0.6 is 0 Å². The topological polar surface area (TPSA) is 93.4 Å². The molecule has 0 bridgehead atoms. The van der Waals surface area contributed by atoms with E-state index >= 15 is 0 Å². The van der Waals surface area contributed by atoms with Crippen molar-refractivity contribution in [3.05, 3.63) is 0 Å². The standard InChI is InChI=1S/C13H25N3O3/c1-4-19-12(18)13(16-3,9-5-6-9)8-7-10(15-2)11(14)17/h9-10,15-16H,4-8H2,1-3H3,(H2,14,17). The Hall–Kier alpha value is -1.14. The molecule has 110 valence electrons. The van der Waals surface area contributed by atoms with E-state index in [1.807, 2.05) is 0 Å². The molecule has 1 aliphatic carbocycles. The second-order valence-electron chi connectivity index (χ2n) is 5.00. The molecule has 2 unspecified atom stereocenters. The number of primary amides is 1. The molecule has 6 nitrogen and oxygen atoms in total. The van der Waals surface area contributed by atoms with E-state index in [0.717, 1.165) is 12.8 Å². The van der Waals surface area contributed by atoms with E-state index in [0.29, 0.717) is 25.4 Å². The molecule has 4 N–H and O–H groups in total. The monoisotopic (exact) mass is 271 g/mol. The fraction of sp³-hybridized carbons (Fsp3) is 0.846. The molecular weight excluding hydrogens is 246 g/mol. The van der Waals surface area contributed by atoms with Gasteiger partial charge in [-0.3, -0.25) is 9.59 Å². The largest absolute Gasteiger partial charge is 0.465 e. The molecule has 6 heteroatoms. The van der Waals surface area contributed by atoms with Crippen LogP contribution in [-0.4, -0.2) is 44.2 Å². The summed E-state index contributed by atoms with van der Waals surface area (Å²) >= 11 is 0. The lowest BCUT2D eigenvalue weighted by molar-refractivity contribution is -0.152. The SMILES string of the molecule is CCOC(=O)C(CCC(NC)C(N)=O)(NC)C1CC1. The third-order valence-electron chi connectivity index (χ3n) is 3.88. The maximum absolute atomic E-state index is 12.2. The molecule has 19 heavy (non-hydrogen) atoms. The molecule has 1 aliphatic rings. The van der Waals surface area contributed by atoms with Gasteiger partial charge in [-0.1, -0.05) is 0 Å². The Labute approximate surface area is 114 Å². The maximum atomic E-state index is 12.2. The van der Waals surface area contributed by atoms with Crippen LogP contribution in [0.2, 0.25) is 0 Å². The lowest BCUT2D eigenvalue weighted by Crippen LogP contribution is -2.54. The summed E-state index contributed by atoms with van der Waals surface area (Å²) in [5.74, 6) is -0.326. The van der Waals surface area contributed by atoms with Gasteiger partial charge < -0.3 is 21.1 Å². The zero-order chi connectivity index (χ0) is 14.5. The summed E-state index contributed by atoms with van der Waals surface area (Å²) in [6.45, 7) is 2.16. The van der Waals surface area contributed by atoms with Gasteiger partial charge in [0.2, 0.25) is 5.91 Å². The van der Waals surface area contributed by atoms with Crippen molar-refractivity contribution in [2.75, 3.05) is 20.7 Å². The minimum atomic E-state index is -0.680. The Morgan fingerprint density at radius 1 is 1.42 bits per heavy atom. The number of esters is 1. The summed E-state index contributed by atoms with van der Waals surface area (Å²) < 4.78 is 5.19. The zero-order valence-electron chi connectivity index (χ0n) is 12.0. The summed E-state index contributed by atoms with van der Waals surface area (Å²) in [4.78, 5) is 23.5. The highest BCUT2D eigenvalue weighted by Gasteiger charge is 2.50. The van der Waals surface area contributed by atoms with E-state index in [9.17, 15) is 9.59 Å². The number of hydrogen-bond acceptors (Lipinski definition) is 5. The van der Waals surface area contributed by atoms with E-state index in [1.54, 1.807) is 21.0 Å². The minimum Gasteiger partial charge on any atom is -0.465 e. The molecule has 0 radical (unpaired) electrons. The van der Waals surface area contributed by atoms with E-state index < -0.39 is 17.5 Å². The van der Waals surface area contributed by atoms with Crippen LogP contribution in [0, 0.1) is 5.92 Å². The fourth-order valence-corrected chi connectivity index (χ4v) is 2.54. The van der Waals surface area contributed by atoms with E-state index in [1.165, 1.54) is 0 Å². The van der Waals surface area contributed by atoms with Crippen molar-refractivity contribution in [3.63, 3.8) is 0 Å². The number of rotatable bonds is 9. The number of likely N-dealkylation sites (N-methyl/N-ethyl adjacent to an activating group) is 2. The van der Waals surface area contributed by atoms with Crippen LogP contribution in [0.4, 0.5) is 0 Å². The highest BCUT2D eigenvalue weighted by molar-refractivity contribution is 5.82. The molecule has 0 spiro atoms. The predicted molar refractivity (Wildman–Crippen MR) is 72.4 cm³/mol. The van der Waals surface area contributed by atoms with Gasteiger partial charge in [-0.2, -0.15) is 0 Å². The van der Waals surface area contributed by atoms with Gasteiger partial charge in [0.25, 0.3) is 0 Å². The molecule has 1 saturated carbocycles. The zero-order valence-corrected chi connectivity index (χ0v) is 12.0. The quantitative estimate of drug-likeness (QED) is 0.504. The molecule has 0 heterocycles. The number of hydrogen-bond donors (Lipinski definition) is 3. The first-order valence-electron chi connectivity index (χ1n) is 6.84. The second kappa shape index (κ2) is 6.86. The fourth-order valence-electron chi connectivity index (χ4n) is 2.54.